The Kier molecular flexibility index (Phi) is 5.48. The molecule has 2 aliphatic heterocycles. The lowest BCUT2D eigenvalue weighted by molar-refractivity contribution is -0.131. The number of benzene rings is 1. The molecule has 1 aromatic rings. The third kappa shape index (κ3) is 4.24. The Balaban J connectivity index is 1.53. The van der Waals surface area contributed by atoms with Crippen molar-refractivity contribution in [3.8, 4) is 11.5 Å². The van der Waals surface area contributed by atoms with Gasteiger partial charge in [0.1, 0.15) is 0 Å². The first kappa shape index (κ1) is 18.0. The molecule has 8 heteroatoms. The summed E-state index contributed by atoms with van der Waals surface area (Å²) in [7, 11) is -3.20. The summed E-state index contributed by atoms with van der Waals surface area (Å²) in [6.45, 7) is 3.81. The molecule has 0 spiro atoms. The van der Waals surface area contributed by atoms with E-state index in [4.69, 9.17) is 9.47 Å². The van der Waals surface area contributed by atoms with E-state index in [0.29, 0.717) is 44.1 Å². The predicted molar refractivity (Wildman–Crippen MR) is 93.1 cm³/mol. The highest BCUT2D eigenvalue weighted by Gasteiger charge is 2.28. The Morgan fingerprint density at radius 1 is 1.12 bits per heavy atom. The zero-order valence-corrected chi connectivity index (χ0v) is 15.3. The molecule has 0 saturated carbocycles. The largest absolute Gasteiger partial charge is 0.454 e. The molecule has 3 rings (SSSR count). The lowest BCUT2D eigenvalue weighted by atomic mass is 10.1. The van der Waals surface area contributed by atoms with Gasteiger partial charge in [-0.2, -0.15) is 4.31 Å². The fraction of sp³-hybridized carbons (Fsp3) is 0.588. The van der Waals surface area contributed by atoms with Gasteiger partial charge in [0.2, 0.25) is 22.7 Å². The van der Waals surface area contributed by atoms with E-state index < -0.39 is 10.0 Å². The van der Waals surface area contributed by atoms with Gasteiger partial charge in [-0.3, -0.25) is 4.79 Å². The average molecular weight is 368 g/mol. The van der Waals surface area contributed by atoms with Crippen LogP contribution in [0.2, 0.25) is 0 Å². The quantitative estimate of drug-likeness (QED) is 0.755. The smallest absolute Gasteiger partial charge is 0.231 e. The molecule has 0 unspecified atom stereocenters. The number of hydrogen-bond donors (Lipinski definition) is 0. The molecule has 1 aromatic carbocycles. The van der Waals surface area contributed by atoms with Gasteiger partial charge in [0.15, 0.2) is 11.5 Å². The van der Waals surface area contributed by atoms with Crippen LogP contribution in [0.5, 0.6) is 11.5 Å². The van der Waals surface area contributed by atoms with Crippen molar-refractivity contribution < 1.29 is 22.7 Å². The topological polar surface area (TPSA) is 76.2 Å². The predicted octanol–water partition coefficient (Wildman–Crippen LogP) is 1.23. The van der Waals surface area contributed by atoms with E-state index in [9.17, 15) is 13.2 Å². The van der Waals surface area contributed by atoms with Gasteiger partial charge < -0.3 is 14.4 Å². The molecule has 0 radical (unpaired) electrons. The SMILES string of the molecule is CCCCS(=O)(=O)N1CCN(C(=O)Cc2ccc3c(c2)OCO3)CC1. The van der Waals surface area contributed by atoms with Crippen molar-refractivity contribution in [2.45, 2.75) is 26.2 Å². The minimum absolute atomic E-state index is 0.00414. The van der Waals surface area contributed by atoms with Crippen LogP contribution in [0.25, 0.3) is 0 Å². The lowest BCUT2D eigenvalue weighted by Crippen LogP contribution is -2.51. The summed E-state index contributed by atoms with van der Waals surface area (Å²) in [6.07, 6.45) is 1.80. The minimum Gasteiger partial charge on any atom is -0.454 e. The molecule has 0 atom stereocenters. The molecular weight excluding hydrogens is 344 g/mol. The maximum absolute atomic E-state index is 12.5. The second-order valence-corrected chi connectivity index (χ2v) is 8.40. The molecular formula is C17H24N2O5S. The summed E-state index contributed by atoms with van der Waals surface area (Å²) in [5.41, 5.74) is 0.868. The molecule has 0 aliphatic carbocycles. The molecule has 1 saturated heterocycles. The van der Waals surface area contributed by atoms with Gasteiger partial charge in [0.05, 0.1) is 12.2 Å². The van der Waals surface area contributed by atoms with Crippen molar-refractivity contribution in [3.63, 3.8) is 0 Å². The second kappa shape index (κ2) is 7.61. The van der Waals surface area contributed by atoms with Gasteiger partial charge in [-0.05, 0) is 24.1 Å². The van der Waals surface area contributed by atoms with Crippen LogP contribution in [0.3, 0.4) is 0 Å². The fourth-order valence-electron chi connectivity index (χ4n) is 3.01. The summed E-state index contributed by atoms with van der Waals surface area (Å²) in [5, 5.41) is 0. The molecule has 0 N–H and O–H groups in total. The number of rotatable bonds is 6. The number of carbonyl (C=O) groups excluding carboxylic acids is 1. The monoisotopic (exact) mass is 368 g/mol. The Bertz CT molecular complexity index is 727. The van der Waals surface area contributed by atoms with E-state index in [1.807, 2.05) is 25.1 Å². The van der Waals surface area contributed by atoms with Crippen molar-refractivity contribution in [1.29, 1.82) is 0 Å². The standard InChI is InChI=1S/C17H24N2O5S/c1-2-3-10-25(21,22)19-8-6-18(7-9-19)17(20)12-14-4-5-15-16(11-14)24-13-23-15/h4-5,11H,2-3,6-10,12-13H2,1H3. The Labute approximate surface area is 148 Å². The molecule has 7 nitrogen and oxygen atoms in total. The van der Waals surface area contributed by atoms with Crippen molar-refractivity contribution in [2.24, 2.45) is 0 Å². The highest BCUT2D eigenvalue weighted by atomic mass is 32.2. The van der Waals surface area contributed by atoms with Crippen molar-refractivity contribution in [3.05, 3.63) is 23.8 Å². The number of ether oxygens (including phenoxy) is 2. The van der Waals surface area contributed by atoms with Crippen LogP contribution < -0.4 is 9.47 Å². The van der Waals surface area contributed by atoms with Gasteiger partial charge >= 0.3 is 0 Å². The number of unbranched alkanes of at least 4 members (excludes halogenated alkanes) is 1. The molecule has 0 bridgehead atoms. The van der Waals surface area contributed by atoms with Crippen LogP contribution in [0, 0.1) is 0 Å². The maximum atomic E-state index is 12.5. The van der Waals surface area contributed by atoms with Gasteiger partial charge in [-0.1, -0.05) is 19.4 Å². The van der Waals surface area contributed by atoms with Crippen molar-refractivity contribution >= 4 is 15.9 Å². The van der Waals surface area contributed by atoms with Crippen LogP contribution in [-0.4, -0.2) is 62.3 Å². The summed E-state index contributed by atoms with van der Waals surface area (Å²) in [5.74, 6) is 1.55. The third-order valence-electron chi connectivity index (χ3n) is 4.53. The number of fused-ring (bicyclic) bond motifs is 1. The normalized spacial score (nSPS) is 17.7. The zero-order chi connectivity index (χ0) is 17.9. The van der Waals surface area contributed by atoms with E-state index in [2.05, 4.69) is 0 Å². The van der Waals surface area contributed by atoms with Crippen LogP contribution >= 0.6 is 0 Å². The number of hydrogen-bond acceptors (Lipinski definition) is 5. The zero-order valence-electron chi connectivity index (χ0n) is 14.4. The average Bonchev–Trinajstić information content (AvgIpc) is 3.08. The number of nitrogens with zero attached hydrogens (tertiary/aromatic N) is 2. The Morgan fingerprint density at radius 2 is 1.84 bits per heavy atom. The molecule has 1 amide bonds. The molecule has 138 valence electrons. The first-order valence-corrected chi connectivity index (χ1v) is 10.2. The van der Waals surface area contributed by atoms with Gasteiger partial charge in [0, 0.05) is 26.2 Å². The van der Waals surface area contributed by atoms with Crippen LogP contribution in [0.1, 0.15) is 25.3 Å². The summed E-state index contributed by atoms with van der Waals surface area (Å²) < 4.78 is 36.5. The maximum Gasteiger partial charge on any atom is 0.231 e. The molecule has 0 aromatic heterocycles. The van der Waals surface area contributed by atoms with Crippen molar-refractivity contribution in [2.75, 3.05) is 38.7 Å². The van der Waals surface area contributed by atoms with E-state index in [0.717, 1.165) is 12.0 Å². The molecule has 2 aliphatic rings. The van der Waals surface area contributed by atoms with Crippen LogP contribution in [0.4, 0.5) is 0 Å². The highest BCUT2D eigenvalue weighted by Crippen LogP contribution is 2.32. The van der Waals surface area contributed by atoms with E-state index in [1.54, 1.807) is 4.90 Å². The lowest BCUT2D eigenvalue weighted by Gasteiger charge is -2.34. The van der Waals surface area contributed by atoms with E-state index >= 15 is 0 Å². The van der Waals surface area contributed by atoms with Crippen LogP contribution in [0.15, 0.2) is 18.2 Å². The first-order chi connectivity index (χ1) is 12.0. The van der Waals surface area contributed by atoms with Crippen LogP contribution in [-0.2, 0) is 21.2 Å². The van der Waals surface area contributed by atoms with Gasteiger partial charge in [0.25, 0.3) is 0 Å². The highest BCUT2D eigenvalue weighted by molar-refractivity contribution is 7.89. The summed E-state index contributed by atoms with van der Waals surface area (Å²) in [6, 6.07) is 5.49. The first-order valence-electron chi connectivity index (χ1n) is 8.64. The van der Waals surface area contributed by atoms with Crippen molar-refractivity contribution in [1.82, 2.24) is 9.21 Å². The number of sulfonamides is 1. The molecule has 2 heterocycles. The number of carbonyl (C=O) groups is 1. The Morgan fingerprint density at radius 3 is 2.56 bits per heavy atom. The van der Waals surface area contributed by atoms with E-state index in [1.165, 1.54) is 4.31 Å². The van der Waals surface area contributed by atoms with Gasteiger partial charge in [-0.15, -0.1) is 0 Å². The summed E-state index contributed by atoms with van der Waals surface area (Å²) in [4.78, 5) is 14.2. The second-order valence-electron chi connectivity index (χ2n) is 6.31. The fourth-order valence-corrected chi connectivity index (χ4v) is 4.64. The summed E-state index contributed by atoms with van der Waals surface area (Å²) >= 11 is 0. The number of piperazine rings is 1. The third-order valence-corrected chi connectivity index (χ3v) is 6.49. The minimum atomic E-state index is -3.20. The van der Waals surface area contributed by atoms with E-state index in [-0.39, 0.29) is 24.9 Å². The molecule has 1 fully saturated rings. The molecule has 25 heavy (non-hydrogen) atoms. The Hall–Kier alpha value is -1.80. The van der Waals surface area contributed by atoms with Gasteiger partial charge in [-0.25, -0.2) is 8.42 Å². The number of amides is 1.